The summed E-state index contributed by atoms with van der Waals surface area (Å²) in [5.74, 6) is -0.0672. The van der Waals surface area contributed by atoms with Crippen LogP contribution in [0.15, 0.2) is 41.0 Å². The topological polar surface area (TPSA) is 49.0 Å². The third kappa shape index (κ3) is 2.94. The quantitative estimate of drug-likeness (QED) is 0.945. The van der Waals surface area contributed by atoms with E-state index in [4.69, 9.17) is 0 Å². The molecule has 0 spiro atoms. The maximum atomic E-state index is 11.9. The zero-order chi connectivity index (χ0) is 12.3. The number of amides is 1. The minimum atomic E-state index is -0.0672. The van der Waals surface area contributed by atoms with Gasteiger partial charge in [0.1, 0.15) is 5.69 Å². The molecule has 0 radical (unpaired) electrons. The molecule has 88 valence electrons. The van der Waals surface area contributed by atoms with Gasteiger partial charge in [-0.05, 0) is 23.8 Å². The lowest BCUT2D eigenvalue weighted by Crippen LogP contribution is -2.26. The average molecular weight is 294 g/mol. The fraction of sp³-hybridized carbons (Fsp3) is 0.167. The van der Waals surface area contributed by atoms with E-state index < -0.39 is 0 Å². The molecule has 5 heteroatoms. The molecule has 1 aromatic heterocycles. The zero-order valence-corrected chi connectivity index (χ0v) is 10.9. The van der Waals surface area contributed by atoms with E-state index in [0.717, 1.165) is 10.0 Å². The van der Waals surface area contributed by atoms with E-state index in [1.165, 1.54) is 0 Å². The predicted octanol–water partition coefficient (Wildman–Crippen LogP) is 2.44. The molecule has 0 bridgehead atoms. The third-order valence-corrected chi connectivity index (χ3v) is 2.88. The Bertz CT molecular complexity index is 510. The highest BCUT2D eigenvalue weighted by molar-refractivity contribution is 9.10. The first-order valence-corrected chi connectivity index (χ1v) is 5.95. The first-order chi connectivity index (χ1) is 8.16. The number of hydrogen-bond acceptors (Lipinski definition) is 2. The maximum absolute atomic E-state index is 11.9. The second-order valence-electron chi connectivity index (χ2n) is 3.76. The van der Waals surface area contributed by atoms with E-state index in [-0.39, 0.29) is 5.91 Å². The van der Waals surface area contributed by atoms with Crippen molar-refractivity contribution in [1.82, 2.24) is 15.1 Å². The van der Waals surface area contributed by atoms with E-state index >= 15 is 0 Å². The standard InChI is InChI=1S/C12H12BrN3O/c1-16(12(17)11-5-6-14-15-11)8-9-3-2-4-10(13)7-9/h2-7H,8H2,1H3,(H,14,15). The molecular weight excluding hydrogens is 282 g/mol. The van der Waals surface area contributed by atoms with Gasteiger partial charge in [-0.25, -0.2) is 0 Å². The molecule has 1 heterocycles. The number of aromatic nitrogens is 2. The fourth-order valence-corrected chi connectivity index (χ4v) is 2.01. The Morgan fingerprint density at radius 3 is 2.94 bits per heavy atom. The number of carbonyl (C=O) groups excluding carboxylic acids is 1. The van der Waals surface area contributed by atoms with Gasteiger partial charge in [-0.15, -0.1) is 0 Å². The molecule has 0 atom stereocenters. The minimum absolute atomic E-state index is 0.0672. The molecule has 4 nitrogen and oxygen atoms in total. The van der Waals surface area contributed by atoms with E-state index in [1.807, 2.05) is 24.3 Å². The highest BCUT2D eigenvalue weighted by Gasteiger charge is 2.12. The Morgan fingerprint density at radius 1 is 1.47 bits per heavy atom. The van der Waals surface area contributed by atoms with Crippen LogP contribution in [-0.4, -0.2) is 28.1 Å². The average Bonchev–Trinajstić information content (AvgIpc) is 2.81. The van der Waals surface area contributed by atoms with Crippen molar-refractivity contribution < 1.29 is 4.79 Å². The van der Waals surface area contributed by atoms with Gasteiger partial charge in [0.2, 0.25) is 0 Å². The number of hydrogen-bond donors (Lipinski definition) is 1. The Labute approximate surface area is 108 Å². The normalized spacial score (nSPS) is 10.2. The zero-order valence-electron chi connectivity index (χ0n) is 9.35. The largest absolute Gasteiger partial charge is 0.336 e. The molecule has 0 saturated carbocycles. The predicted molar refractivity (Wildman–Crippen MR) is 68.5 cm³/mol. The lowest BCUT2D eigenvalue weighted by molar-refractivity contribution is 0.0779. The van der Waals surface area contributed by atoms with Crippen LogP contribution in [0.2, 0.25) is 0 Å². The van der Waals surface area contributed by atoms with Crippen molar-refractivity contribution in [2.75, 3.05) is 7.05 Å². The molecule has 0 saturated heterocycles. The maximum Gasteiger partial charge on any atom is 0.271 e. The van der Waals surface area contributed by atoms with E-state index in [9.17, 15) is 4.79 Å². The Balaban J connectivity index is 2.07. The molecule has 17 heavy (non-hydrogen) atoms. The van der Waals surface area contributed by atoms with Gasteiger partial charge in [0.15, 0.2) is 0 Å². The number of H-pyrrole nitrogens is 1. The fourth-order valence-electron chi connectivity index (χ4n) is 1.56. The molecular formula is C12H12BrN3O. The van der Waals surface area contributed by atoms with Crippen molar-refractivity contribution >= 4 is 21.8 Å². The Kier molecular flexibility index (Phi) is 3.58. The molecule has 0 aliphatic heterocycles. The number of aromatic amines is 1. The van der Waals surface area contributed by atoms with Crippen LogP contribution in [0.3, 0.4) is 0 Å². The summed E-state index contributed by atoms with van der Waals surface area (Å²) < 4.78 is 1.01. The summed E-state index contributed by atoms with van der Waals surface area (Å²) in [5, 5.41) is 6.43. The van der Waals surface area contributed by atoms with Gasteiger partial charge in [0, 0.05) is 24.3 Å². The van der Waals surface area contributed by atoms with Crippen molar-refractivity contribution in [3.63, 3.8) is 0 Å². The molecule has 1 N–H and O–H groups in total. The van der Waals surface area contributed by atoms with Crippen LogP contribution in [0.4, 0.5) is 0 Å². The molecule has 2 aromatic rings. The van der Waals surface area contributed by atoms with Gasteiger partial charge in [0.25, 0.3) is 5.91 Å². The van der Waals surface area contributed by atoms with Crippen LogP contribution in [0.5, 0.6) is 0 Å². The first kappa shape index (κ1) is 11.9. The van der Waals surface area contributed by atoms with Gasteiger partial charge >= 0.3 is 0 Å². The summed E-state index contributed by atoms with van der Waals surface area (Å²) in [4.78, 5) is 13.6. The van der Waals surface area contributed by atoms with Crippen molar-refractivity contribution in [2.45, 2.75) is 6.54 Å². The number of carbonyl (C=O) groups is 1. The van der Waals surface area contributed by atoms with Crippen LogP contribution in [0.1, 0.15) is 16.1 Å². The van der Waals surface area contributed by atoms with Gasteiger partial charge < -0.3 is 4.90 Å². The SMILES string of the molecule is CN(Cc1cccc(Br)c1)C(=O)c1ccn[nH]1. The highest BCUT2D eigenvalue weighted by atomic mass is 79.9. The van der Waals surface area contributed by atoms with Gasteiger partial charge in [-0.1, -0.05) is 28.1 Å². The lowest BCUT2D eigenvalue weighted by Gasteiger charge is -2.16. The van der Waals surface area contributed by atoms with Crippen molar-refractivity contribution in [1.29, 1.82) is 0 Å². The van der Waals surface area contributed by atoms with Crippen LogP contribution in [0, 0.1) is 0 Å². The van der Waals surface area contributed by atoms with Gasteiger partial charge in [0.05, 0.1) is 0 Å². The summed E-state index contributed by atoms with van der Waals surface area (Å²) in [6.07, 6.45) is 1.57. The lowest BCUT2D eigenvalue weighted by atomic mass is 10.2. The van der Waals surface area contributed by atoms with Gasteiger partial charge in [-0.2, -0.15) is 5.10 Å². The molecule has 2 rings (SSSR count). The summed E-state index contributed by atoms with van der Waals surface area (Å²) in [6.45, 7) is 0.567. The summed E-state index contributed by atoms with van der Waals surface area (Å²) >= 11 is 3.41. The molecule has 1 aromatic carbocycles. The summed E-state index contributed by atoms with van der Waals surface area (Å²) in [6, 6.07) is 9.56. The van der Waals surface area contributed by atoms with Crippen molar-refractivity contribution in [3.05, 3.63) is 52.3 Å². The number of halogens is 1. The molecule has 0 fully saturated rings. The molecule has 0 unspecified atom stereocenters. The van der Waals surface area contributed by atoms with E-state index in [0.29, 0.717) is 12.2 Å². The number of nitrogens with one attached hydrogen (secondary N) is 1. The molecule has 0 aliphatic rings. The number of rotatable bonds is 3. The summed E-state index contributed by atoms with van der Waals surface area (Å²) in [5.41, 5.74) is 1.58. The molecule has 1 amide bonds. The van der Waals surface area contributed by atoms with Crippen molar-refractivity contribution in [2.24, 2.45) is 0 Å². The Hall–Kier alpha value is -1.62. The summed E-state index contributed by atoms with van der Waals surface area (Å²) in [7, 11) is 1.77. The Morgan fingerprint density at radius 2 is 2.29 bits per heavy atom. The van der Waals surface area contributed by atoms with E-state index in [2.05, 4.69) is 26.1 Å². The number of nitrogens with zero attached hydrogens (tertiary/aromatic N) is 2. The molecule has 0 aliphatic carbocycles. The van der Waals surface area contributed by atoms with Crippen LogP contribution >= 0.6 is 15.9 Å². The van der Waals surface area contributed by atoms with Crippen molar-refractivity contribution in [3.8, 4) is 0 Å². The van der Waals surface area contributed by atoms with Gasteiger partial charge in [-0.3, -0.25) is 9.89 Å². The third-order valence-electron chi connectivity index (χ3n) is 2.39. The monoisotopic (exact) mass is 293 g/mol. The number of benzene rings is 1. The van der Waals surface area contributed by atoms with E-state index in [1.54, 1.807) is 24.2 Å². The first-order valence-electron chi connectivity index (χ1n) is 5.16. The minimum Gasteiger partial charge on any atom is -0.336 e. The van der Waals surface area contributed by atoms with Crippen LogP contribution in [-0.2, 0) is 6.54 Å². The highest BCUT2D eigenvalue weighted by Crippen LogP contribution is 2.13. The van der Waals surface area contributed by atoms with Crippen LogP contribution in [0.25, 0.3) is 0 Å². The smallest absolute Gasteiger partial charge is 0.271 e. The second-order valence-corrected chi connectivity index (χ2v) is 4.68. The second kappa shape index (κ2) is 5.14. The van der Waals surface area contributed by atoms with Crippen LogP contribution < -0.4 is 0 Å².